The summed E-state index contributed by atoms with van der Waals surface area (Å²) in [5.41, 5.74) is 0.497. The van der Waals surface area contributed by atoms with E-state index in [9.17, 15) is 18.0 Å². The lowest BCUT2D eigenvalue weighted by Gasteiger charge is -2.21. The summed E-state index contributed by atoms with van der Waals surface area (Å²) in [5.74, 6) is -3.42. The second-order valence-electron chi connectivity index (χ2n) is 5.40. The van der Waals surface area contributed by atoms with Gasteiger partial charge in [-0.25, -0.2) is 13.2 Å². The molecule has 0 radical (unpaired) electrons. The number of allylic oxidation sites excluding steroid dienone is 6. The van der Waals surface area contributed by atoms with Gasteiger partial charge in [-0.2, -0.15) is 0 Å². The predicted octanol–water partition coefficient (Wildman–Crippen LogP) is 4.51. The van der Waals surface area contributed by atoms with Crippen molar-refractivity contribution in [1.82, 2.24) is 5.32 Å². The molecule has 4 nitrogen and oxygen atoms in total. The molecule has 0 saturated carbocycles. The molecule has 26 heavy (non-hydrogen) atoms. The van der Waals surface area contributed by atoms with E-state index < -0.39 is 23.4 Å². The molecule has 0 saturated heterocycles. The molecular formula is C19H18F3NO3. The van der Waals surface area contributed by atoms with E-state index in [4.69, 9.17) is 9.47 Å². The van der Waals surface area contributed by atoms with E-state index in [1.165, 1.54) is 14.2 Å². The monoisotopic (exact) mass is 365 g/mol. The summed E-state index contributed by atoms with van der Waals surface area (Å²) in [4.78, 5) is 11.7. The lowest BCUT2D eigenvalue weighted by Crippen LogP contribution is -2.28. The van der Waals surface area contributed by atoms with Gasteiger partial charge in [0.25, 0.3) is 0 Å². The van der Waals surface area contributed by atoms with Gasteiger partial charge in [-0.3, -0.25) is 4.79 Å². The molecular weight excluding hydrogens is 347 g/mol. The number of benzene rings is 1. The molecule has 1 aromatic carbocycles. The minimum absolute atomic E-state index is 0.101. The fourth-order valence-electron chi connectivity index (χ4n) is 2.46. The van der Waals surface area contributed by atoms with Gasteiger partial charge in [0.2, 0.25) is 5.91 Å². The second kappa shape index (κ2) is 8.42. The summed E-state index contributed by atoms with van der Waals surface area (Å²) < 4.78 is 52.1. The Labute approximate surface area is 149 Å². The quantitative estimate of drug-likeness (QED) is 0.755. The first-order valence-corrected chi connectivity index (χ1v) is 7.71. The number of amides is 1. The SMILES string of the molecule is C=C/C(F)=C\C(F)=C(/F)C1=C(c2cc(OC)cc(OC)c2)CCC(=O)N1. The maximum atomic E-state index is 14.6. The van der Waals surface area contributed by atoms with E-state index in [1.54, 1.807) is 18.2 Å². The highest BCUT2D eigenvalue weighted by molar-refractivity contribution is 5.88. The molecule has 0 spiro atoms. The first-order chi connectivity index (χ1) is 12.4. The average Bonchev–Trinajstić information content (AvgIpc) is 2.66. The standard InChI is InChI=1S/C19H18F3NO3/c1-4-12(20)9-16(21)18(22)19-15(5-6-17(24)23-19)11-7-13(25-2)10-14(8-11)26-3/h4,7-10H,1,5-6H2,2-3H3,(H,23,24)/b12-9+,18-16+. The fourth-order valence-corrected chi connectivity index (χ4v) is 2.46. The largest absolute Gasteiger partial charge is 0.497 e. The normalized spacial score (nSPS) is 16.0. The third-order valence-electron chi connectivity index (χ3n) is 3.76. The molecule has 1 amide bonds. The number of halogens is 3. The maximum Gasteiger partial charge on any atom is 0.224 e. The highest BCUT2D eigenvalue weighted by Gasteiger charge is 2.25. The predicted molar refractivity (Wildman–Crippen MR) is 92.5 cm³/mol. The smallest absolute Gasteiger partial charge is 0.224 e. The van der Waals surface area contributed by atoms with Gasteiger partial charge < -0.3 is 14.8 Å². The van der Waals surface area contributed by atoms with Crippen LogP contribution in [0.1, 0.15) is 18.4 Å². The number of carbonyl (C=O) groups is 1. The Balaban J connectivity index is 2.65. The minimum atomic E-state index is -1.45. The summed E-state index contributed by atoms with van der Waals surface area (Å²) in [7, 11) is 2.92. The number of hydrogen-bond acceptors (Lipinski definition) is 3. The van der Waals surface area contributed by atoms with Crippen molar-refractivity contribution in [3.05, 3.63) is 65.7 Å². The first-order valence-electron chi connectivity index (χ1n) is 7.71. The lowest BCUT2D eigenvalue weighted by atomic mass is 9.94. The van der Waals surface area contributed by atoms with Crippen LogP contribution >= 0.6 is 0 Å². The Morgan fingerprint density at radius 2 is 1.73 bits per heavy atom. The molecule has 0 aromatic heterocycles. The molecule has 1 aliphatic heterocycles. The zero-order valence-corrected chi connectivity index (χ0v) is 14.4. The van der Waals surface area contributed by atoms with Crippen molar-refractivity contribution in [2.45, 2.75) is 12.8 Å². The number of carbonyl (C=O) groups excluding carboxylic acids is 1. The van der Waals surface area contributed by atoms with Gasteiger partial charge in [0.15, 0.2) is 11.7 Å². The van der Waals surface area contributed by atoms with Crippen LogP contribution in [0.25, 0.3) is 5.57 Å². The number of nitrogens with one attached hydrogen (secondary N) is 1. The van der Waals surface area contributed by atoms with E-state index in [0.29, 0.717) is 28.7 Å². The van der Waals surface area contributed by atoms with Gasteiger partial charge in [-0.05, 0) is 35.8 Å². The Morgan fingerprint density at radius 1 is 1.12 bits per heavy atom. The van der Waals surface area contributed by atoms with E-state index in [0.717, 1.165) is 6.08 Å². The van der Waals surface area contributed by atoms with Crippen molar-refractivity contribution in [2.24, 2.45) is 0 Å². The molecule has 1 aromatic rings. The average molecular weight is 365 g/mol. The van der Waals surface area contributed by atoms with Gasteiger partial charge in [-0.1, -0.05) is 6.58 Å². The summed E-state index contributed by atoms with van der Waals surface area (Å²) in [5, 5.41) is 2.32. The topological polar surface area (TPSA) is 47.6 Å². The highest BCUT2D eigenvalue weighted by Crippen LogP contribution is 2.35. The Bertz CT molecular complexity index is 803. The minimum Gasteiger partial charge on any atom is -0.497 e. The lowest BCUT2D eigenvalue weighted by molar-refractivity contribution is -0.120. The van der Waals surface area contributed by atoms with Gasteiger partial charge in [0.05, 0.1) is 19.9 Å². The van der Waals surface area contributed by atoms with Crippen LogP contribution in [0.3, 0.4) is 0 Å². The Morgan fingerprint density at radius 3 is 2.27 bits per heavy atom. The fraction of sp³-hybridized carbons (Fsp3) is 0.211. The molecule has 138 valence electrons. The van der Waals surface area contributed by atoms with E-state index in [-0.39, 0.29) is 18.5 Å². The van der Waals surface area contributed by atoms with Crippen LogP contribution in [0.4, 0.5) is 13.2 Å². The van der Waals surface area contributed by atoms with E-state index in [2.05, 4.69) is 11.9 Å². The molecule has 7 heteroatoms. The first kappa shape index (κ1) is 19.4. The van der Waals surface area contributed by atoms with Gasteiger partial charge in [0, 0.05) is 18.6 Å². The molecule has 0 unspecified atom stereocenters. The van der Waals surface area contributed by atoms with Crippen LogP contribution in [0.15, 0.2) is 60.1 Å². The highest BCUT2D eigenvalue weighted by atomic mass is 19.2. The van der Waals surface area contributed by atoms with Crippen LogP contribution in [0.5, 0.6) is 11.5 Å². The van der Waals surface area contributed by atoms with Crippen LogP contribution < -0.4 is 14.8 Å². The zero-order chi connectivity index (χ0) is 19.3. The second-order valence-corrected chi connectivity index (χ2v) is 5.40. The van der Waals surface area contributed by atoms with Crippen LogP contribution in [0.2, 0.25) is 0 Å². The molecule has 1 heterocycles. The van der Waals surface area contributed by atoms with E-state index in [1.807, 2.05) is 0 Å². The van der Waals surface area contributed by atoms with Crippen molar-refractivity contribution in [1.29, 1.82) is 0 Å². The third-order valence-corrected chi connectivity index (χ3v) is 3.76. The van der Waals surface area contributed by atoms with Crippen molar-refractivity contribution >= 4 is 11.5 Å². The number of hydrogen-bond donors (Lipinski definition) is 1. The van der Waals surface area contributed by atoms with E-state index >= 15 is 0 Å². The molecule has 1 N–H and O–H groups in total. The van der Waals surface area contributed by atoms with Gasteiger partial charge in [0.1, 0.15) is 17.3 Å². The number of methoxy groups -OCH3 is 2. The van der Waals surface area contributed by atoms with Crippen molar-refractivity contribution < 1.29 is 27.4 Å². The van der Waals surface area contributed by atoms with Crippen molar-refractivity contribution in [3.8, 4) is 11.5 Å². The number of ether oxygens (including phenoxy) is 2. The molecule has 0 fully saturated rings. The molecule has 1 aliphatic rings. The van der Waals surface area contributed by atoms with Crippen molar-refractivity contribution in [3.63, 3.8) is 0 Å². The summed E-state index contributed by atoms with van der Waals surface area (Å²) in [6.07, 6.45) is 1.38. The number of rotatable bonds is 6. The van der Waals surface area contributed by atoms with Crippen LogP contribution in [-0.4, -0.2) is 20.1 Å². The maximum absolute atomic E-state index is 14.6. The molecule has 0 aliphatic carbocycles. The Hall–Kier alpha value is -2.96. The molecule has 0 bridgehead atoms. The van der Waals surface area contributed by atoms with Crippen LogP contribution in [0, 0.1) is 0 Å². The molecule has 2 rings (SSSR count). The van der Waals surface area contributed by atoms with Crippen molar-refractivity contribution in [2.75, 3.05) is 14.2 Å². The summed E-state index contributed by atoms with van der Waals surface area (Å²) in [6.45, 7) is 3.13. The summed E-state index contributed by atoms with van der Waals surface area (Å²) in [6, 6.07) is 4.85. The van der Waals surface area contributed by atoms with Crippen LogP contribution in [-0.2, 0) is 4.79 Å². The summed E-state index contributed by atoms with van der Waals surface area (Å²) >= 11 is 0. The Kier molecular flexibility index (Phi) is 6.27. The third kappa shape index (κ3) is 4.36. The molecule has 0 atom stereocenters. The van der Waals surface area contributed by atoms with Gasteiger partial charge in [-0.15, -0.1) is 0 Å². The van der Waals surface area contributed by atoms with Gasteiger partial charge >= 0.3 is 0 Å². The zero-order valence-electron chi connectivity index (χ0n) is 14.4.